The monoisotopic (exact) mass is 271 g/mol. The fourth-order valence-corrected chi connectivity index (χ4v) is 1.18. The maximum atomic E-state index is 11.8. The third kappa shape index (κ3) is 6.43. The number of rotatable bonds is 5. The molecule has 0 spiro atoms. The summed E-state index contributed by atoms with van der Waals surface area (Å²) in [5, 5.41) is 0. The van der Waals surface area contributed by atoms with Gasteiger partial charge in [0.25, 0.3) is 0 Å². The van der Waals surface area contributed by atoms with E-state index in [2.05, 4.69) is 9.47 Å². The zero-order valence-corrected chi connectivity index (χ0v) is 10.3. The highest BCUT2D eigenvalue weighted by Crippen LogP contribution is 2.18. The second-order valence-corrected chi connectivity index (χ2v) is 4.02. The highest BCUT2D eigenvalue weighted by atomic mass is 19.4. The van der Waals surface area contributed by atoms with Gasteiger partial charge >= 0.3 is 18.1 Å². The molecule has 0 aromatic rings. The van der Waals surface area contributed by atoms with Crippen LogP contribution < -0.4 is 5.73 Å². The first-order valence-corrected chi connectivity index (χ1v) is 5.28. The lowest BCUT2D eigenvalue weighted by atomic mass is 10.0. The van der Waals surface area contributed by atoms with E-state index in [1.165, 1.54) is 6.92 Å². The molecule has 0 saturated heterocycles. The van der Waals surface area contributed by atoms with Crippen molar-refractivity contribution in [3.8, 4) is 0 Å². The van der Waals surface area contributed by atoms with Crippen LogP contribution in [0.3, 0.4) is 0 Å². The third-order valence-corrected chi connectivity index (χ3v) is 1.91. The predicted molar refractivity (Wildman–Crippen MR) is 55.1 cm³/mol. The number of alkyl halides is 3. The maximum absolute atomic E-state index is 11.8. The van der Waals surface area contributed by atoms with E-state index in [0.717, 1.165) is 6.92 Å². The van der Waals surface area contributed by atoms with Crippen LogP contribution in [-0.4, -0.2) is 30.4 Å². The Hall–Kier alpha value is -1.31. The summed E-state index contributed by atoms with van der Waals surface area (Å²) in [5.74, 6) is -3.76. The lowest BCUT2D eigenvalue weighted by Crippen LogP contribution is -2.33. The second-order valence-electron chi connectivity index (χ2n) is 4.02. The van der Waals surface area contributed by atoms with Crippen molar-refractivity contribution in [2.75, 3.05) is 0 Å². The van der Waals surface area contributed by atoms with Gasteiger partial charge in [0.05, 0.1) is 5.92 Å². The molecule has 0 aliphatic heterocycles. The Balaban J connectivity index is 4.20. The Labute approximate surface area is 102 Å². The molecule has 0 aromatic heterocycles. The molecular weight excluding hydrogens is 255 g/mol. The van der Waals surface area contributed by atoms with Gasteiger partial charge < -0.3 is 15.2 Å². The summed E-state index contributed by atoms with van der Waals surface area (Å²) in [4.78, 5) is 21.8. The van der Waals surface area contributed by atoms with Crippen LogP contribution >= 0.6 is 0 Å². The van der Waals surface area contributed by atoms with Crippen LogP contribution in [0, 0.1) is 5.92 Å². The second kappa shape index (κ2) is 6.58. The van der Waals surface area contributed by atoms with Crippen molar-refractivity contribution in [1.82, 2.24) is 0 Å². The molecule has 1 unspecified atom stereocenters. The van der Waals surface area contributed by atoms with Crippen molar-refractivity contribution in [1.29, 1.82) is 0 Å². The molecule has 0 fully saturated rings. The summed E-state index contributed by atoms with van der Waals surface area (Å²) in [6, 6.07) is -0.249. The van der Waals surface area contributed by atoms with Crippen LogP contribution in [-0.2, 0) is 19.1 Å². The summed E-state index contributed by atoms with van der Waals surface area (Å²) in [7, 11) is 0. The first-order chi connectivity index (χ1) is 8.04. The maximum Gasteiger partial charge on any atom is 0.491 e. The van der Waals surface area contributed by atoms with Gasteiger partial charge in [0.15, 0.2) is 0 Å². The van der Waals surface area contributed by atoms with Gasteiger partial charge in [-0.25, -0.2) is 4.79 Å². The van der Waals surface area contributed by atoms with Gasteiger partial charge in [0.2, 0.25) is 6.29 Å². The molecule has 0 aliphatic rings. The van der Waals surface area contributed by atoms with E-state index in [1.807, 2.05) is 0 Å². The van der Waals surface area contributed by atoms with E-state index in [0.29, 0.717) is 6.42 Å². The summed E-state index contributed by atoms with van der Waals surface area (Å²) >= 11 is 0. The molecule has 0 bridgehead atoms. The van der Waals surface area contributed by atoms with Crippen molar-refractivity contribution < 1.29 is 32.2 Å². The Kier molecular flexibility index (Phi) is 6.10. The molecule has 0 saturated carbocycles. The zero-order chi connectivity index (χ0) is 14.5. The molecule has 0 radical (unpaired) electrons. The minimum Gasteiger partial charge on any atom is -0.425 e. The number of hydrogen-bond donors (Lipinski definition) is 1. The number of halogens is 3. The number of esters is 2. The molecule has 8 heteroatoms. The number of hydrogen-bond acceptors (Lipinski definition) is 5. The molecule has 0 aromatic carbocycles. The zero-order valence-electron chi connectivity index (χ0n) is 10.3. The van der Waals surface area contributed by atoms with Crippen LogP contribution in [0.2, 0.25) is 0 Å². The lowest BCUT2D eigenvalue weighted by molar-refractivity contribution is -0.223. The van der Waals surface area contributed by atoms with Crippen LogP contribution in [0.4, 0.5) is 13.2 Å². The van der Waals surface area contributed by atoms with Crippen molar-refractivity contribution in [2.24, 2.45) is 11.7 Å². The van der Waals surface area contributed by atoms with Gasteiger partial charge in [-0.1, -0.05) is 6.92 Å². The van der Waals surface area contributed by atoms with E-state index < -0.39 is 30.3 Å². The Morgan fingerprint density at radius 2 is 1.67 bits per heavy atom. The van der Waals surface area contributed by atoms with E-state index in [-0.39, 0.29) is 6.04 Å². The fraction of sp³-hybridized carbons (Fsp3) is 0.800. The van der Waals surface area contributed by atoms with Crippen molar-refractivity contribution >= 4 is 11.9 Å². The predicted octanol–water partition coefficient (Wildman–Crippen LogP) is 1.35. The highest BCUT2D eigenvalue weighted by Gasteiger charge is 2.42. The van der Waals surface area contributed by atoms with Crippen molar-refractivity contribution in [3.05, 3.63) is 0 Å². The van der Waals surface area contributed by atoms with E-state index in [1.54, 1.807) is 6.92 Å². The third-order valence-electron chi connectivity index (χ3n) is 1.91. The summed E-state index contributed by atoms with van der Waals surface area (Å²) in [6.07, 6.45) is -6.39. The molecule has 5 nitrogen and oxygen atoms in total. The van der Waals surface area contributed by atoms with Crippen LogP contribution in [0.1, 0.15) is 27.2 Å². The molecule has 0 amide bonds. The molecule has 18 heavy (non-hydrogen) atoms. The normalized spacial score (nSPS) is 16.6. The van der Waals surface area contributed by atoms with E-state index in [9.17, 15) is 22.8 Å². The molecule has 0 heterocycles. The van der Waals surface area contributed by atoms with Crippen LogP contribution in [0.5, 0.6) is 0 Å². The summed E-state index contributed by atoms with van der Waals surface area (Å²) in [6.45, 7) is 4.22. The topological polar surface area (TPSA) is 78.6 Å². The summed E-state index contributed by atoms with van der Waals surface area (Å²) in [5.41, 5.74) is 5.46. The number of carbonyl (C=O) groups is 2. The Bertz CT molecular complexity index is 304. The Morgan fingerprint density at radius 3 is 2.06 bits per heavy atom. The molecule has 0 aliphatic carbocycles. The molecule has 3 atom stereocenters. The fourth-order valence-electron chi connectivity index (χ4n) is 1.18. The smallest absolute Gasteiger partial charge is 0.425 e. The lowest BCUT2D eigenvalue weighted by Gasteiger charge is -2.18. The number of nitrogens with two attached hydrogens (primary N) is 1. The number of ether oxygens (including phenoxy) is 2. The number of carbonyl (C=O) groups excluding carboxylic acids is 2. The van der Waals surface area contributed by atoms with Gasteiger partial charge in [0, 0.05) is 13.0 Å². The van der Waals surface area contributed by atoms with Crippen LogP contribution in [0.25, 0.3) is 0 Å². The van der Waals surface area contributed by atoms with Crippen molar-refractivity contribution in [3.63, 3.8) is 0 Å². The average molecular weight is 271 g/mol. The van der Waals surface area contributed by atoms with Gasteiger partial charge in [-0.05, 0) is 13.3 Å². The van der Waals surface area contributed by atoms with E-state index in [4.69, 9.17) is 5.73 Å². The quantitative estimate of drug-likeness (QED) is 0.603. The van der Waals surface area contributed by atoms with Gasteiger partial charge in [0.1, 0.15) is 0 Å². The van der Waals surface area contributed by atoms with E-state index >= 15 is 0 Å². The van der Waals surface area contributed by atoms with Gasteiger partial charge in [-0.2, -0.15) is 13.2 Å². The van der Waals surface area contributed by atoms with Crippen molar-refractivity contribution in [2.45, 2.75) is 45.7 Å². The first kappa shape index (κ1) is 16.7. The SMILES string of the molecule is CC(OC(=O)[C@H](C)C[C@@H](C)N)OC(=O)C(F)(F)F. The van der Waals surface area contributed by atoms with Gasteiger partial charge in [-0.15, -0.1) is 0 Å². The largest absolute Gasteiger partial charge is 0.491 e. The standard InChI is InChI=1S/C10H16F3NO4/c1-5(4-6(2)14)8(15)17-7(3)18-9(16)10(11,12)13/h5-7H,4,14H2,1-3H3/t5-,6-,7?/m1/s1. The summed E-state index contributed by atoms with van der Waals surface area (Å²) < 4.78 is 44.0. The van der Waals surface area contributed by atoms with Crippen LogP contribution in [0.15, 0.2) is 0 Å². The minimum atomic E-state index is -5.11. The molecule has 0 rings (SSSR count). The average Bonchev–Trinajstić information content (AvgIpc) is 2.14. The molecular formula is C10H16F3NO4. The molecule has 2 N–H and O–H groups in total. The Morgan fingerprint density at radius 1 is 1.17 bits per heavy atom. The molecule has 106 valence electrons. The van der Waals surface area contributed by atoms with Gasteiger partial charge in [-0.3, -0.25) is 4.79 Å². The highest BCUT2D eigenvalue weighted by molar-refractivity contribution is 5.76. The minimum absolute atomic E-state index is 0.249. The first-order valence-electron chi connectivity index (χ1n) is 5.28.